The van der Waals surface area contributed by atoms with Crippen molar-refractivity contribution >= 4 is 40.3 Å². The molecule has 0 radical (unpaired) electrons. The molecule has 3 aromatic rings. The van der Waals surface area contributed by atoms with Gasteiger partial charge in [-0.1, -0.05) is 17.7 Å². The Morgan fingerprint density at radius 2 is 1.89 bits per heavy atom. The predicted molar refractivity (Wildman–Crippen MR) is 106 cm³/mol. The molecular weight excluding hydrogens is 400 g/mol. The molecule has 1 atom stereocenters. The molecule has 0 fully saturated rings. The number of anilines is 1. The quantitative estimate of drug-likeness (QED) is 0.624. The van der Waals surface area contributed by atoms with Crippen LogP contribution in [0.15, 0.2) is 71.6 Å². The summed E-state index contributed by atoms with van der Waals surface area (Å²) < 4.78 is 0. The number of hydrogen-bond acceptors (Lipinski definition) is 6. The van der Waals surface area contributed by atoms with E-state index in [2.05, 4.69) is 4.98 Å². The zero-order valence-corrected chi connectivity index (χ0v) is 15.8. The zero-order chi connectivity index (χ0) is 19.8. The molecule has 8 heteroatoms. The molecule has 1 amide bonds. The monoisotopic (exact) mass is 412 g/mol. The number of nitrogens with zero attached hydrogens (tertiary/aromatic N) is 2. The highest BCUT2D eigenvalue weighted by atomic mass is 35.5. The van der Waals surface area contributed by atoms with Gasteiger partial charge in [0, 0.05) is 17.4 Å². The van der Waals surface area contributed by atoms with Crippen molar-refractivity contribution in [1.82, 2.24) is 4.98 Å². The number of carbonyl (C=O) groups is 2. The first-order chi connectivity index (χ1) is 13.5. The summed E-state index contributed by atoms with van der Waals surface area (Å²) in [6.07, 6.45) is 3.05. The van der Waals surface area contributed by atoms with E-state index >= 15 is 0 Å². The number of carbonyl (C=O) groups excluding carboxylic acids is 2. The number of thiophene rings is 1. The first-order valence-electron chi connectivity index (χ1n) is 8.22. The van der Waals surface area contributed by atoms with Gasteiger partial charge in [0.05, 0.1) is 22.2 Å². The van der Waals surface area contributed by atoms with E-state index in [0.717, 1.165) is 0 Å². The minimum absolute atomic E-state index is 0.0574. The average molecular weight is 413 g/mol. The number of amides is 1. The normalized spacial score (nSPS) is 16.7. The zero-order valence-electron chi connectivity index (χ0n) is 14.2. The fraction of sp³-hybridized carbons (Fsp3) is 0.0500. The molecule has 0 saturated heterocycles. The van der Waals surface area contributed by atoms with Crippen molar-refractivity contribution < 1.29 is 19.8 Å². The molecule has 3 heterocycles. The lowest BCUT2D eigenvalue weighted by Gasteiger charge is -2.27. The predicted octanol–water partition coefficient (Wildman–Crippen LogP) is 4.29. The van der Waals surface area contributed by atoms with Crippen LogP contribution >= 0.6 is 22.9 Å². The minimum Gasteiger partial charge on any atom is -0.506 e. The number of benzene rings is 1. The maximum Gasteiger partial charge on any atom is 0.294 e. The number of hydrogen-bond donors (Lipinski definition) is 2. The van der Waals surface area contributed by atoms with E-state index in [1.54, 1.807) is 29.6 Å². The van der Waals surface area contributed by atoms with Gasteiger partial charge in [0.25, 0.3) is 5.91 Å². The summed E-state index contributed by atoms with van der Waals surface area (Å²) >= 11 is 7.27. The Kier molecular flexibility index (Phi) is 4.62. The minimum atomic E-state index is -0.936. The molecule has 2 aromatic heterocycles. The lowest BCUT2D eigenvalue weighted by molar-refractivity contribution is -0.117. The highest BCUT2D eigenvalue weighted by Crippen LogP contribution is 2.45. The topological polar surface area (TPSA) is 90.7 Å². The van der Waals surface area contributed by atoms with Crippen molar-refractivity contribution in [2.45, 2.75) is 6.04 Å². The maximum atomic E-state index is 13.1. The number of aromatic nitrogens is 1. The van der Waals surface area contributed by atoms with Gasteiger partial charge < -0.3 is 10.2 Å². The van der Waals surface area contributed by atoms with Crippen molar-refractivity contribution in [3.8, 4) is 5.75 Å². The number of aliphatic hydroxyl groups excluding tert-OH is 1. The smallest absolute Gasteiger partial charge is 0.294 e. The summed E-state index contributed by atoms with van der Waals surface area (Å²) in [5.41, 5.74) is 0.601. The van der Waals surface area contributed by atoms with Crippen molar-refractivity contribution in [1.29, 1.82) is 0 Å². The number of rotatable bonds is 4. The van der Waals surface area contributed by atoms with Crippen LogP contribution in [0.4, 0.5) is 5.69 Å². The first-order valence-corrected chi connectivity index (χ1v) is 9.48. The molecule has 0 bridgehead atoms. The van der Waals surface area contributed by atoms with Crippen LogP contribution in [0.1, 0.15) is 21.3 Å². The largest absolute Gasteiger partial charge is 0.506 e. The number of aromatic hydroxyl groups is 1. The van der Waals surface area contributed by atoms with Crippen LogP contribution in [-0.2, 0) is 4.79 Å². The van der Waals surface area contributed by atoms with Gasteiger partial charge in [-0.05, 0) is 47.3 Å². The Labute approximate surface area is 169 Å². The molecule has 0 spiro atoms. The highest BCUT2D eigenvalue weighted by Gasteiger charge is 2.45. The van der Waals surface area contributed by atoms with Crippen LogP contribution in [0.2, 0.25) is 5.02 Å². The van der Waals surface area contributed by atoms with E-state index in [0.29, 0.717) is 15.5 Å². The van der Waals surface area contributed by atoms with E-state index in [1.165, 1.54) is 46.8 Å². The summed E-state index contributed by atoms with van der Waals surface area (Å²) in [6.45, 7) is 0. The Balaban J connectivity index is 1.92. The molecule has 6 nitrogen and oxygen atoms in total. The second-order valence-electron chi connectivity index (χ2n) is 6.06. The summed E-state index contributed by atoms with van der Waals surface area (Å²) in [7, 11) is 0. The SMILES string of the molecule is O=C(C1=C(O)C(=O)N(c2cc(Cl)ccc2O)C1c1ccncc1)c1cccs1. The second kappa shape index (κ2) is 7.10. The lowest BCUT2D eigenvalue weighted by Crippen LogP contribution is -2.31. The Bertz CT molecular complexity index is 1100. The highest BCUT2D eigenvalue weighted by molar-refractivity contribution is 7.12. The number of pyridine rings is 1. The van der Waals surface area contributed by atoms with Gasteiger partial charge in [-0.15, -0.1) is 11.3 Å². The van der Waals surface area contributed by atoms with Crippen molar-refractivity contribution in [3.05, 3.63) is 87.0 Å². The van der Waals surface area contributed by atoms with E-state index in [-0.39, 0.29) is 17.0 Å². The summed E-state index contributed by atoms with van der Waals surface area (Å²) in [5.74, 6) is -2.10. The number of aliphatic hydroxyl groups is 1. The number of phenolic OH excluding ortho intramolecular Hbond substituents is 1. The third-order valence-electron chi connectivity index (χ3n) is 4.42. The van der Waals surface area contributed by atoms with Crippen LogP contribution in [0.3, 0.4) is 0 Å². The van der Waals surface area contributed by atoms with Crippen LogP contribution < -0.4 is 4.90 Å². The second-order valence-corrected chi connectivity index (χ2v) is 7.44. The molecule has 140 valence electrons. The molecular formula is C20H13ClN2O4S. The third-order valence-corrected chi connectivity index (χ3v) is 5.52. The standard InChI is InChI=1S/C20H13ClN2O4S/c21-12-3-4-14(24)13(10-12)23-17(11-5-7-22-8-6-11)16(19(26)20(23)27)18(25)15-2-1-9-28-15/h1-10,17,24,26H. The fourth-order valence-corrected chi connectivity index (χ4v) is 4.02. The van der Waals surface area contributed by atoms with Crippen molar-refractivity contribution in [2.75, 3.05) is 4.90 Å². The van der Waals surface area contributed by atoms with Crippen molar-refractivity contribution in [2.24, 2.45) is 0 Å². The van der Waals surface area contributed by atoms with Gasteiger partial charge in [0.2, 0.25) is 5.78 Å². The van der Waals surface area contributed by atoms with Gasteiger partial charge in [0.15, 0.2) is 5.76 Å². The van der Waals surface area contributed by atoms with Gasteiger partial charge in [-0.3, -0.25) is 19.5 Å². The maximum absolute atomic E-state index is 13.1. The molecule has 0 saturated carbocycles. The van der Waals surface area contributed by atoms with Crippen molar-refractivity contribution in [3.63, 3.8) is 0 Å². The van der Waals surface area contributed by atoms with Crippen LogP contribution in [0.5, 0.6) is 5.75 Å². The van der Waals surface area contributed by atoms with E-state index in [4.69, 9.17) is 11.6 Å². The number of Topliss-reactive ketones (excluding diaryl/α,β-unsaturated/α-hetero) is 1. The first kappa shape index (κ1) is 18.2. The lowest BCUT2D eigenvalue weighted by atomic mass is 9.96. The Hall–Kier alpha value is -3.16. The molecule has 1 unspecified atom stereocenters. The van der Waals surface area contributed by atoms with E-state index in [9.17, 15) is 19.8 Å². The molecule has 28 heavy (non-hydrogen) atoms. The van der Waals surface area contributed by atoms with E-state index < -0.39 is 23.5 Å². The van der Waals surface area contributed by atoms with Crippen LogP contribution in [-0.4, -0.2) is 26.9 Å². The molecule has 1 aliphatic rings. The number of ketones is 1. The van der Waals surface area contributed by atoms with Gasteiger partial charge in [-0.25, -0.2) is 0 Å². The Morgan fingerprint density at radius 1 is 1.14 bits per heavy atom. The molecule has 1 aliphatic heterocycles. The van der Waals surface area contributed by atoms with Crippen LogP contribution in [0, 0.1) is 0 Å². The number of phenols is 1. The summed E-state index contributed by atoms with van der Waals surface area (Å²) in [6, 6.07) is 9.94. The van der Waals surface area contributed by atoms with Gasteiger partial charge in [0.1, 0.15) is 5.75 Å². The molecule has 4 rings (SSSR count). The Morgan fingerprint density at radius 3 is 2.57 bits per heavy atom. The summed E-state index contributed by atoms with van der Waals surface area (Å²) in [5, 5.41) is 23.0. The van der Waals surface area contributed by atoms with Crippen LogP contribution in [0.25, 0.3) is 0 Å². The van der Waals surface area contributed by atoms with E-state index in [1.807, 2.05) is 0 Å². The summed E-state index contributed by atoms with van der Waals surface area (Å²) in [4.78, 5) is 31.6. The molecule has 1 aromatic carbocycles. The molecule has 0 aliphatic carbocycles. The molecule has 2 N–H and O–H groups in total. The number of halogens is 1. The van der Waals surface area contributed by atoms with Gasteiger partial charge in [-0.2, -0.15) is 0 Å². The average Bonchev–Trinajstić information content (AvgIpc) is 3.32. The van der Waals surface area contributed by atoms with Gasteiger partial charge >= 0.3 is 0 Å². The fourth-order valence-electron chi connectivity index (χ4n) is 3.18. The third kappa shape index (κ3) is 2.94.